The second-order valence-corrected chi connectivity index (χ2v) is 8.25. The number of hydrogen-bond acceptors (Lipinski definition) is 8. The normalized spacial score (nSPS) is 12.9. The molecule has 0 spiro atoms. The van der Waals surface area contributed by atoms with Crippen LogP contribution in [0.25, 0.3) is 0 Å². The monoisotopic (exact) mass is 379 g/mol. The minimum absolute atomic E-state index is 0.00598. The summed E-state index contributed by atoms with van der Waals surface area (Å²) in [5.41, 5.74) is -0.879. The Labute approximate surface area is 141 Å². The molecule has 2 aromatic rings. The molecular formula is C13H16F3N5O3S. The number of sulfone groups is 1. The van der Waals surface area contributed by atoms with Crippen LogP contribution in [0.4, 0.5) is 30.8 Å². The topological polar surface area (TPSA) is 110 Å². The molecule has 2 rings (SSSR count). The number of aromatic nitrogens is 3. The first kappa shape index (κ1) is 19.0. The number of hydrogen-bond donors (Lipinski definition) is 2. The maximum atomic E-state index is 12.8. The fraction of sp³-hybridized carbons (Fsp3) is 0.462. The Kier molecular flexibility index (Phi) is 4.68. The molecule has 0 saturated carbocycles. The molecule has 138 valence electrons. The van der Waals surface area contributed by atoms with Crippen LogP contribution in [0.5, 0.6) is 0 Å². The molecule has 0 fully saturated rings. The molecule has 0 aliphatic rings. The van der Waals surface area contributed by atoms with Crippen molar-refractivity contribution in [3.05, 3.63) is 23.5 Å². The van der Waals surface area contributed by atoms with E-state index in [9.17, 15) is 21.6 Å². The zero-order chi connectivity index (χ0) is 19.0. The number of anilines is 3. The third-order valence-corrected chi connectivity index (χ3v) is 5.68. The molecule has 25 heavy (non-hydrogen) atoms. The van der Waals surface area contributed by atoms with E-state index in [-0.39, 0.29) is 17.5 Å². The van der Waals surface area contributed by atoms with Gasteiger partial charge >= 0.3 is 6.18 Å². The molecule has 2 N–H and O–H groups in total. The van der Waals surface area contributed by atoms with Crippen LogP contribution in [0, 0.1) is 0 Å². The first-order chi connectivity index (χ1) is 11.4. The third kappa shape index (κ3) is 3.83. The van der Waals surface area contributed by atoms with Crippen molar-refractivity contribution in [1.82, 2.24) is 15.1 Å². The van der Waals surface area contributed by atoms with E-state index in [0.717, 1.165) is 6.26 Å². The van der Waals surface area contributed by atoms with E-state index in [2.05, 4.69) is 25.8 Å². The lowest BCUT2D eigenvalue weighted by Crippen LogP contribution is -2.28. The average Bonchev–Trinajstić information content (AvgIpc) is 2.93. The molecule has 8 nitrogen and oxygen atoms in total. The Bertz CT molecular complexity index is 877. The molecule has 2 aromatic heterocycles. The van der Waals surface area contributed by atoms with Gasteiger partial charge in [-0.05, 0) is 13.8 Å². The van der Waals surface area contributed by atoms with Gasteiger partial charge in [0.15, 0.2) is 9.84 Å². The third-order valence-electron chi connectivity index (χ3n) is 3.62. The summed E-state index contributed by atoms with van der Waals surface area (Å²) < 4.78 is 65.7. The molecule has 2 heterocycles. The van der Waals surface area contributed by atoms with Crippen molar-refractivity contribution in [3.63, 3.8) is 0 Å². The number of rotatable bonds is 5. The summed E-state index contributed by atoms with van der Waals surface area (Å²) in [5.74, 6) is -0.591. The van der Waals surface area contributed by atoms with Gasteiger partial charge in [-0.15, -0.1) is 0 Å². The number of nitrogens with one attached hydrogen (secondary N) is 2. The summed E-state index contributed by atoms with van der Waals surface area (Å²) in [6, 6.07) is 1.32. The highest BCUT2D eigenvalue weighted by molar-refractivity contribution is 7.91. The summed E-state index contributed by atoms with van der Waals surface area (Å²) in [6.07, 6.45) is -2.92. The fourth-order valence-corrected chi connectivity index (χ4v) is 2.23. The molecule has 0 bridgehead atoms. The van der Waals surface area contributed by atoms with Crippen molar-refractivity contribution in [2.45, 2.75) is 24.8 Å². The quantitative estimate of drug-likeness (QED) is 0.816. The molecule has 0 aliphatic carbocycles. The predicted octanol–water partition coefficient (Wildman–Crippen LogP) is 2.55. The second-order valence-electron chi connectivity index (χ2n) is 5.69. The van der Waals surface area contributed by atoms with Gasteiger partial charge in [0.05, 0.1) is 0 Å². The number of alkyl halides is 3. The maximum absolute atomic E-state index is 12.8. The van der Waals surface area contributed by atoms with E-state index in [1.54, 1.807) is 0 Å². The molecule has 12 heteroatoms. The summed E-state index contributed by atoms with van der Waals surface area (Å²) in [5, 5.41) is 8.57. The first-order valence-electron chi connectivity index (χ1n) is 6.92. The minimum Gasteiger partial charge on any atom is -0.372 e. The highest BCUT2D eigenvalue weighted by Gasteiger charge is 2.36. The van der Waals surface area contributed by atoms with Gasteiger partial charge in [-0.2, -0.15) is 18.2 Å². The Morgan fingerprint density at radius 3 is 2.40 bits per heavy atom. The Balaban J connectivity index is 2.30. The molecule has 0 saturated heterocycles. The zero-order valence-electron chi connectivity index (χ0n) is 13.8. The van der Waals surface area contributed by atoms with E-state index in [1.807, 2.05) is 0 Å². The average molecular weight is 379 g/mol. The number of nitrogens with zero attached hydrogens (tertiary/aromatic N) is 3. The molecule has 0 aliphatic heterocycles. The number of halogens is 3. The zero-order valence-corrected chi connectivity index (χ0v) is 14.6. The molecule has 0 atom stereocenters. The standard InChI is InChI=1S/C13H16F3N5O3S/c1-12(2,25(4,22)23)8-5-9(24-21-8)19-11-18-6-7(13(14,15)16)10(17-3)20-11/h5-6H,1-4H3,(H2,17,18,19,20). The van der Waals surface area contributed by atoms with Crippen molar-refractivity contribution in [3.8, 4) is 0 Å². The lowest BCUT2D eigenvalue weighted by molar-refractivity contribution is -0.137. The summed E-state index contributed by atoms with van der Waals surface area (Å²) in [6.45, 7) is 2.91. The van der Waals surface area contributed by atoms with Gasteiger partial charge in [0, 0.05) is 25.6 Å². The SMILES string of the molecule is CNc1nc(Nc2cc(C(C)(C)S(C)(=O)=O)no2)ncc1C(F)(F)F. The molecular weight excluding hydrogens is 363 g/mol. The van der Waals surface area contributed by atoms with Crippen molar-refractivity contribution < 1.29 is 26.1 Å². The van der Waals surface area contributed by atoms with Gasteiger partial charge in [-0.3, -0.25) is 5.32 Å². The van der Waals surface area contributed by atoms with Gasteiger partial charge in [-0.25, -0.2) is 13.4 Å². The maximum Gasteiger partial charge on any atom is 0.421 e. The van der Waals surface area contributed by atoms with Crippen molar-refractivity contribution >= 4 is 27.5 Å². The van der Waals surface area contributed by atoms with E-state index in [4.69, 9.17) is 4.52 Å². The summed E-state index contributed by atoms with van der Waals surface area (Å²) in [4.78, 5) is 7.29. The van der Waals surface area contributed by atoms with Crippen molar-refractivity contribution in [1.29, 1.82) is 0 Å². The van der Waals surface area contributed by atoms with Crippen LogP contribution in [0.1, 0.15) is 25.1 Å². The van der Waals surface area contributed by atoms with Gasteiger partial charge in [0.1, 0.15) is 21.8 Å². The van der Waals surface area contributed by atoms with Crippen LogP contribution in [-0.2, 0) is 20.8 Å². The van der Waals surface area contributed by atoms with Gasteiger partial charge in [-0.1, -0.05) is 5.16 Å². The second kappa shape index (κ2) is 6.17. The van der Waals surface area contributed by atoms with Crippen LogP contribution >= 0.6 is 0 Å². The van der Waals surface area contributed by atoms with Crippen LogP contribution in [0.3, 0.4) is 0 Å². The van der Waals surface area contributed by atoms with Crippen LogP contribution in [-0.4, -0.2) is 36.8 Å². The highest BCUT2D eigenvalue weighted by atomic mass is 32.2. The van der Waals surface area contributed by atoms with Gasteiger partial charge < -0.3 is 9.84 Å². The van der Waals surface area contributed by atoms with E-state index in [0.29, 0.717) is 6.20 Å². The molecule has 0 unspecified atom stereocenters. The Hall–Kier alpha value is -2.37. The smallest absolute Gasteiger partial charge is 0.372 e. The lowest BCUT2D eigenvalue weighted by atomic mass is 10.1. The van der Waals surface area contributed by atoms with E-state index >= 15 is 0 Å². The molecule has 0 aromatic carbocycles. The van der Waals surface area contributed by atoms with E-state index < -0.39 is 32.1 Å². The van der Waals surface area contributed by atoms with E-state index in [1.165, 1.54) is 27.0 Å². The minimum atomic E-state index is -4.60. The molecule has 0 radical (unpaired) electrons. The fourth-order valence-electron chi connectivity index (χ4n) is 1.76. The Morgan fingerprint density at radius 2 is 1.88 bits per heavy atom. The predicted molar refractivity (Wildman–Crippen MR) is 84.2 cm³/mol. The van der Waals surface area contributed by atoms with Gasteiger partial charge in [0.2, 0.25) is 11.8 Å². The van der Waals surface area contributed by atoms with Crippen LogP contribution in [0.2, 0.25) is 0 Å². The summed E-state index contributed by atoms with van der Waals surface area (Å²) >= 11 is 0. The lowest BCUT2D eigenvalue weighted by Gasteiger charge is -2.18. The van der Waals surface area contributed by atoms with Gasteiger partial charge in [0.25, 0.3) is 0 Å². The molecule has 0 amide bonds. The van der Waals surface area contributed by atoms with Crippen LogP contribution in [0.15, 0.2) is 16.8 Å². The van der Waals surface area contributed by atoms with Crippen molar-refractivity contribution in [2.24, 2.45) is 0 Å². The largest absolute Gasteiger partial charge is 0.421 e. The Morgan fingerprint density at radius 1 is 1.24 bits per heavy atom. The first-order valence-corrected chi connectivity index (χ1v) is 8.81. The summed E-state index contributed by atoms with van der Waals surface area (Å²) in [7, 11) is -2.17. The highest BCUT2D eigenvalue weighted by Crippen LogP contribution is 2.34. The van der Waals surface area contributed by atoms with Crippen molar-refractivity contribution in [2.75, 3.05) is 23.9 Å². The van der Waals surface area contributed by atoms with Crippen LogP contribution < -0.4 is 10.6 Å².